The Morgan fingerprint density at radius 2 is 2.05 bits per heavy atom. The van der Waals surface area contributed by atoms with Crippen LogP contribution in [0.1, 0.15) is 31.1 Å². The zero-order chi connectivity index (χ0) is 15.1. The van der Waals surface area contributed by atoms with Crippen molar-refractivity contribution in [3.05, 3.63) is 28.4 Å². The molecule has 2 aromatic rings. The third kappa shape index (κ3) is 2.56. The van der Waals surface area contributed by atoms with E-state index in [0.29, 0.717) is 21.7 Å². The molecule has 0 saturated heterocycles. The third-order valence-electron chi connectivity index (χ3n) is 2.64. The zero-order valence-corrected chi connectivity index (χ0v) is 12.9. The summed E-state index contributed by atoms with van der Waals surface area (Å²) in [4.78, 5) is 23.2. The topological polar surface area (TPSA) is 68.5 Å². The molecular formula is C14H14BrNO4. The number of benzene rings is 1. The first-order valence-electron chi connectivity index (χ1n) is 5.95. The summed E-state index contributed by atoms with van der Waals surface area (Å²) in [6.07, 6.45) is 1.35. The first-order chi connectivity index (χ1) is 9.24. The highest BCUT2D eigenvalue weighted by Gasteiger charge is 2.22. The fourth-order valence-electron chi connectivity index (χ4n) is 1.87. The number of aromatic hydroxyl groups is 1. The first kappa shape index (κ1) is 14.6. The number of nitrogens with zero attached hydrogens (tertiary/aromatic N) is 1. The van der Waals surface area contributed by atoms with E-state index < -0.39 is 11.7 Å². The van der Waals surface area contributed by atoms with Crippen LogP contribution < -0.4 is 0 Å². The summed E-state index contributed by atoms with van der Waals surface area (Å²) in [5.41, 5.74) is -0.00130. The maximum Gasteiger partial charge on any atom is 0.419 e. The Labute approximate surface area is 124 Å². The van der Waals surface area contributed by atoms with Crippen LogP contribution in [0.5, 0.6) is 5.75 Å². The van der Waals surface area contributed by atoms with E-state index in [1.165, 1.54) is 10.8 Å². The van der Waals surface area contributed by atoms with Gasteiger partial charge in [-0.05, 0) is 48.8 Å². The number of fused-ring (bicyclic) bond motifs is 1. The maximum absolute atomic E-state index is 12.1. The Hall–Kier alpha value is -1.82. The molecule has 1 aromatic heterocycles. The van der Waals surface area contributed by atoms with E-state index in [1.54, 1.807) is 32.9 Å². The van der Waals surface area contributed by atoms with Crippen LogP contribution in [0.2, 0.25) is 0 Å². The van der Waals surface area contributed by atoms with Gasteiger partial charge in [0.25, 0.3) is 0 Å². The summed E-state index contributed by atoms with van der Waals surface area (Å²) in [5, 5.41) is 10.3. The van der Waals surface area contributed by atoms with Gasteiger partial charge in [0.2, 0.25) is 0 Å². The molecule has 1 N–H and O–H groups in total. The van der Waals surface area contributed by atoms with Crippen molar-refractivity contribution in [3.63, 3.8) is 0 Å². The Kier molecular flexibility index (Phi) is 3.60. The van der Waals surface area contributed by atoms with Crippen molar-refractivity contribution in [2.24, 2.45) is 0 Å². The number of aromatic nitrogens is 1. The van der Waals surface area contributed by atoms with E-state index in [0.717, 1.165) is 0 Å². The van der Waals surface area contributed by atoms with Gasteiger partial charge in [-0.2, -0.15) is 0 Å². The molecule has 20 heavy (non-hydrogen) atoms. The van der Waals surface area contributed by atoms with Gasteiger partial charge in [-0.1, -0.05) is 0 Å². The van der Waals surface area contributed by atoms with Crippen LogP contribution in [0.4, 0.5) is 4.79 Å². The number of hydrogen-bond acceptors (Lipinski definition) is 4. The van der Waals surface area contributed by atoms with Gasteiger partial charge in [0, 0.05) is 11.8 Å². The number of carbonyl (C=O) groups excluding carboxylic acids is 2. The Morgan fingerprint density at radius 3 is 2.60 bits per heavy atom. The minimum atomic E-state index is -0.646. The maximum atomic E-state index is 12.1. The molecule has 0 fully saturated rings. The summed E-state index contributed by atoms with van der Waals surface area (Å²) < 4.78 is 6.95. The largest absolute Gasteiger partial charge is 0.506 e. The second-order valence-corrected chi connectivity index (χ2v) is 6.20. The predicted molar refractivity (Wildman–Crippen MR) is 78.3 cm³/mol. The summed E-state index contributed by atoms with van der Waals surface area (Å²) in [6, 6.07) is 3.24. The van der Waals surface area contributed by atoms with Crippen LogP contribution in [-0.2, 0) is 4.74 Å². The molecule has 0 saturated carbocycles. The lowest BCUT2D eigenvalue weighted by atomic mass is 10.2. The van der Waals surface area contributed by atoms with E-state index in [9.17, 15) is 14.7 Å². The molecule has 0 atom stereocenters. The molecule has 0 amide bonds. The molecule has 0 aliphatic rings. The molecule has 1 aromatic carbocycles. The number of halogens is 1. The van der Waals surface area contributed by atoms with E-state index in [-0.39, 0.29) is 11.3 Å². The fraction of sp³-hybridized carbons (Fsp3) is 0.286. The summed E-state index contributed by atoms with van der Waals surface area (Å²) in [6.45, 7) is 5.27. The zero-order valence-electron chi connectivity index (χ0n) is 11.3. The van der Waals surface area contributed by atoms with Crippen molar-refractivity contribution < 1.29 is 19.4 Å². The fourth-order valence-corrected chi connectivity index (χ4v) is 2.20. The standard InChI is InChI=1S/C14H14BrNO4/c1-14(2,3)20-13(19)16-6-8(7-17)11-10(16)5-4-9(15)12(11)18/h4-7,18H,1-3H3. The Bertz CT molecular complexity index is 697. The van der Waals surface area contributed by atoms with Crippen molar-refractivity contribution in [1.29, 1.82) is 0 Å². The molecule has 2 rings (SSSR count). The van der Waals surface area contributed by atoms with E-state index >= 15 is 0 Å². The first-order valence-corrected chi connectivity index (χ1v) is 6.75. The average Bonchev–Trinajstić information content (AvgIpc) is 2.71. The average molecular weight is 340 g/mol. The molecular weight excluding hydrogens is 326 g/mol. The van der Waals surface area contributed by atoms with Crippen LogP contribution in [0, 0.1) is 0 Å². The van der Waals surface area contributed by atoms with Crippen LogP contribution in [0.15, 0.2) is 22.8 Å². The van der Waals surface area contributed by atoms with Crippen LogP contribution >= 0.6 is 15.9 Å². The van der Waals surface area contributed by atoms with Gasteiger partial charge in [-0.3, -0.25) is 9.36 Å². The smallest absolute Gasteiger partial charge is 0.419 e. The second kappa shape index (κ2) is 4.94. The van der Waals surface area contributed by atoms with Crippen LogP contribution in [-0.4, -0.2) is 27.7 Å². The van der Waals surface area contributed by atoms with Gasteiger partial charge >= 0.3 is 6.09 Å². The number of ether oxygens (including phenoxy) is 1. The minimum absolute atomic E-state index is 0.0769. The SMILES string of the molecule is CC(C)(C)OC(=O)n1cc(C=O)c2c(O)c(Br)ccc21. The van der Waals surface area contributed by atoms with Gasteiger partial charge in [0.15, 0.2) is 6.29 Å². The second-order valence-electron chi connectivity index (χ2n) is 5.34. The summed E-state index contributed by atoms with van der Waals surface area (Å²) in [7, 11) is 0. The number of phenols is 1. The van der Waals surface area contributed by atoms with E-state index in [1.807, 2.05) is 0 Å². The third-order valence-corrected chi connectivity index (χ3v) is 3.28. The molecule has 0 radical (unpaired) electrons. The highest BCUT2D eigenvalue weighted by atomic mass is 79.9. The van der Waals surface area contributed by atoms with Crippen molar-refractivity contribution in [3.8, 4) is 5.75 Å². The van der Waals surface area contributed by atoms with Crippen molar-refractivity contribution in [2.45, 2.75) is 26.4 Å². The van der Waals surface area contributed by atoms with Gasteiger partial charge in [-0.15, -0.1) is 0 Å². The lowest BCUT2D eigenvalue weighted by molar-refractivity contribution is 0.0544. The molecule has 0 aliphatic carbocycles. The Morgan fingerprint density at radius 1 is 1.40 bits per heavy atom. The van der Waals surface area contributed by atoms with Gasteiger partial charge < -0.3 is 9.84 Å². The number of aldehydes is 1. The predicted octanol–water partition coefficient (Wildman–Crippen LogP) is 3.71. The van der Waals surface area contributed by atoms with Gasteiger partial charge in [0.05, 0.1) is 15.4 Å². The molecule has 0 bridgehead atoms. The van der Waals surface area contributed by atoms with E-state index in [2.05, 4.69) is 15.9 Å². The lowest BCUT2D eigenvalue weighted by Crippen LogP contribution is -2.26. The van der Waals surface area contributed by atoms with Crippen LogP contribution in [0.25, 0.3) is 10.9 Å². The summed E-state index contributed by atoms with van der Waals surface area (Å²) >= 11 is 3.18. The quantitative estimate of drug-likeness (QED) is 0.804. The molecule has 1 heterocycles. The van der Waals surface area contributed by atoms with Crippen molar-refractivity contribution in [2.75, 3.05) is 0 Å². The molecule has 0 spiro atoms. The number of phenolic OH excluding ortho intramolecular Hbond substituents is 1. The minimum Gasteiger partial charge on any atom is -0.506 e. The monoisotopic (exact) mass is 339 g/mol. The molecule has 0 aliphatic heterocycles. The van der Waals surface area contributed by atoms with E-state index in [4.69, 9.17) is 4.74 Å². The Balaban J connectivity index is 2.64. The van der Waals surface area contributed by atoms with Crippen molar-refractivity contribution in [1.82, 2.24) is 4.57 Å². The van der Waals surface area contributed by atoms with Gasteiger partial charge in [0.1, 0.15) is 11.4 Å². The lowest BCUT2D eigenvalue weighted by Gasteiger charge is -2.19. The summed E-state index contributed by atoms with van der Waals surface area (Å²) in [5.74, 6) is -0.0769. The van der Waals surface area contributed by atoms with Crippen LogP contribution in [0.3, 0.4) is 0 Å². The van der Waals surface area contributed by atoms with Gasteiger partial charge in [-0.25, -0.2) is 4.79 Å². The van der Waals surface area contributed by atoms with Crippen molar-refractivity contribution >= 4 is 39.2 Å². The number of hydrogen-bond donors (Lipinski definition) is 1. The number of carbonyl (C=O) groups is 2. The highest BCUT2D eigenvalue weighted by Crippen LogP contribution is 2.35. The normalized spacial score (nSPS) is 11.6. The highest BCUT2D eigenvalue weighted by molar-refractivity contribution is 9.10. The molecule has 5 nitrogen and oxygen atoms in total. The molecule has 106 valence electrons. The number of rotatable bonds is 1. The molecule has 0 unspecified atom stereocenters. The molecule has 6 heteroatoms.